The van der Waals surface area contributed by atoms with Crippen molar-refractivity contribution in [2.75, 3.05) is 31.5 Å². The van der Waals surface area contributed by atoms with Gasteiger partial charge in [0.1, 0.15) is 12.6 Å². The van der Waals surface area contributed by atoms with E-state index >= 15 is 0 Å². The highest BCUT2D eigenvalue weighted by molar-refractivity contribution is 7.90. The van der Waals surface area contributed by atoms with Gasteiger partial charge in [0.2, 0.25) is 11.8 Å². The summed E-state index contributed by atoms with van der Waals surface area (Å²) in [5.41, 5.74) is 3.47. The third-order valence-corrected chi connectivity index (χ3v) is 9.08. The first kappa shape index (κ1) is 33.1. The molecule has 42 heavy (non-hydrogen) atoms. The van der Waals surface area contributed by atoms with E-state index in [-0.39, 0.29) is 24.8 Å². The normalized spacial score (nSPS) is 12.3. The molecule has 0 unspecified atom stereocenters. The smallest absolute Gasteiger partial charge is 0.304 e. The molecule has 0 saturated heterocycles. The predicted molar refractivity (Wildman–Crippen MR) is 170 cm³/mol. The van der Waals surface area contributed by atoms with Gasteiger partial charge in [-0.25, -0.2) is 4.31 Å². The zero-order valence-corrected chi connectivity index (χ0v) is 26.7. The standard InChI is InChI=1S/C32H41ClN4O4S/c1-23(2)20-34-32(39)30(19-26-12-8-7-9-13-26)36(21-27-14-10-11-15-28(27)33)31(38)22-37(42(40,41)35(5)6)29-18-24(3)16-17-25(29)4/h7-18,23,30H,19-22H2,1-6H3,(H,34,39)/t30-/m0/s1. The minimum absolute atomic E-state index is 0.0216. The van der Waals surface area contributed by atoms with E-state index in [4.69, 9.17) is 11.6 Å². The van der Waals surface area contributed by atoms with E-state index in [1.807, 2.05) is 69.3 Å². The van der Waals surface area contributed by atoms with Crippen LogP contribution in [0.4, 0.5) is 5.69 Å². The second-order valence-corrected chi connectivity index (χ2v) is 13.5. The van der Waals surface area contributed by atoms with Gasteiger partial charge in [-0.05, 0) is 54.2 Å². The maximum absolute atomic E-state index is 14.4. The first-order valence-electron chi connectivity index (χ1n) is 13.9. The van der Waals surface area contributed by atoms with Crippen molar-refractivity contribution in [3.63, 3.8) is 0 Å². The molecule has 0 heterocycles. The van der Waals surface area contributed by atoms with Crippen molar-refractivity contribution in [1.82, 2.24) is 14.5 Å². The number of benzene rings is 3. The molecular formula is C32H41ClN4O4S. The van der Waals surface area contributed by atoms with Gasteiger partial charge in [0.05, 0.1) is 5.69 Å². The van der Waals surface area contributed by atoms with E-state index in [0.29, 0.717) is 28.4 Å². The minimum atomic E-state index is -4.07. The molecule has 226 valence electrons. The number of amides is 2. The lowest BCUT2D eigenvalue weighted by Crippen LogP contribution is -2.54. The van der Waals surface area contributed by atoms with Crippen LogP contribution in [0.1, 0.15) is 36.1 Å². The highest BCUT2D eigenvalue weighted by atomic mass is 35.5. The summed E-state index contributed by atoms with van der Waals surface area (Å²) in [5, 5.41) is 3.43. The van der Waals surface area contributed by atoms with Gasteiger partial charge in [-0.3, -0.25) is 9.59 Å². The Morgan fingerprint density at radius 1 is 0.929 bits per heavy atom. The Kier molecular flexibility index (Phi) is 11.6. The molecule has 0 spiro atoms. The number of nitrogens with zero attached hydrogens (tertiary/aromatic N) is 3. The van der Waals surface area contributed by atoms with Crippen molar-refractivity contribution in [3.8, 4) is 0 Å². The second kappa shape index (κ2) is 14.7. The highest BCUT2D eigenvalue weighted by Crippen LogP contribution is 2.27. The SMILES string of the molecule is Cc1ccc(C)c(N(CC(=O)N(Cc2ccccc2Cl)[C@@H](Cc2ccccc2)C(=O)NCC(C)C)S(=O)(=O)N(C)C)c1. The van der Waals surface area contributed by atoms with Crippen LogP contribution in [0.5, 0.6) is 0 Å². The molecule has 3 aromatic rings. The number of nitrogens with one attached hydrogen (secondary N) is 1. The van der Waals surface area contributed by atoms with E-state index < -0.39 is 28.7 Å². The number of carbonyl (C=O) groups is 2. The summed E-state index contributed by atoms with van der Waals surface area (Å²) in [4.78, 5) is 29.6. The van der Waals surface area contributed by atoms with Crippen molar-refractivity contribution < 1.29 is 18.0 Å². The Morgan fingerprint density at radius 3 is 2.19 bits per heavy atom. The maximum atomic E-state index is 14.4. The van der Waals surface area contributed by atoms with Crippen molar-refractivity contribution >= 4 is 39.3 Å². The molecule has 3 aromatic carbocycles. The molecule has 2 amide bonds. The molecule has 0 fully saturated rings. The third-order valence-electron chi connectivity index (χ3n) is 6.91. The van der Waals surface area contributed by atoms with Crippen molar-refractivity contribution in [2.24, 2.45) is 5.92 Å². The van der Waals surface area contributed by atoms with Crippen LogP contribution in [0, 0.1) is 19.8 Å². The van der Waals surface area contributed by atoms with Crippen LogP contribution >= 0.6 is 11.6 Å². The monoisotopic (exact) mass is 612 g/mol. The molecule has 3 rings (SSSR count). The van der Waals surface area contributed by atoms with Gasteiger partial charge in [0.15, 0.2) is 0 Å². The number of hydrogen-bond donors (Lipinski definition) is 1. The highest BCUT2D eigenvalue weighted by Gasteiger charge is 2.35. The van der Waals surface area contributed by atoms with Crippen LogP contribution in [0.3, 0.4) is 0 Å². The van der Waals surface area contributed by atoms with Crippen LogP contribution < -0.4 is 9.62 Å². The van der Waals surface area contributed by atoms with E-state index in [1.165, 1.54) is 19.0 Å². The molecule has 0 aliphatic rings. The molecule has 1 atom stereocenters. The summed E-state index contributed by atoms with van der Waals surface area (Å²) in [6.07, 6.45) is 0.241. The van der Waals surface area contributed by atoms with Crippen LogP contribution in [0.25, 0.3) is 0 Å². The Morgan fingerprint density at radius 2 is 1.57 bits per heavy atom. The Bertz CT molecular complexity index is 1480. The van der Waals surface area contributed by atoms with Gasteiger partial charge in [0.25, 0.3) is 0 Å². The van der Waals surface area contributed by atoms with Crippen molar-refractivity contribution in [1.29, 1.82) is 0 Å². The number of anilines is 1. The van der Waals surface area contributed by atoms with Crippen molar-refractivity contribution in [2.45, 2.75) is 46.7 Å². The zero-order valence-electron chi connectivity index (χ0n) is 25.2. The fourth-order valence-electron chi connectivity index (χ4n) is 4.48. The van der Waals surface area contributed by atoms with E-state index in [9.17, 15) is 18.0 Å². The fourth-order valence-corrected chi connectivity index (χ4v) is 5.79. The van der Waals surface area contributed by atoms with Crippen LogP contribution in [-0.4, -0.2) is 62.7 Å². The Hall–Kier alpha value is -3.40. The summed E-state index contributed by atoms with van der Waals surface area (Å²) >= 11 is 6.52. The number of halogens is 1. The average Bonchev–Trinajstić information content (AvgIpc) is 2.94. The van der Waals surface area contributed by atoms with Gasteiger partial charge >= 0.3 is 10.2 Å². The number of rotatable bonds is 13. The maximum Gasteiger partial charge on any atom is 0.304 e. The molecule has 10 heteroatoms. The van der Waals surface area contributed by atoms with Crippen LogP contribution in [-0.2, 0) is 32.8 Å². The van der Waals surface area contributed by atoms with Crippen LogP contribution in [0.2, 0.25) is 5.02 Å². The minimum Gasteiger partial charge on any atom is -0.354 e. The summed E-state index contributed by atoms with van der Waals surface area (Å²) in [5.74, 6) is -0.646. The summed E-state index contributed by atoms with van der Waals surface area (Å²) in [6.45, 7) is 7.61. The fraction of sp³-hybridized carbons (Fsp3) is 0.375. The Balaban J connectivity index is 2.13. The molecule has 0 saturated carbocycles. The topological polar surface area (TPSA) is 90.0 Å². The molecule has 8 nitrogen and oxygen atoms in total. The molecule has 0 radical (unpaired) electrons. The molecule has 1 N–H and O–H groups in total. The quantitative estimate of drug-likeness (QED) is 0.295. The average molecular weight is 613 g/mol. The first-order valence-corrected chi connectivity index (χ1v) is 15.7. The van der Waals surface area contributed by atoms with Gasteiger partial charge < -0.3 is 10.2 Å². The summed E-state index contributed by atoms with van der Waals surface area (Å²) in [7, 11) is -1.22. The number of carbonyl (C=O) groups excluding carboxylic acids is 2. The van der Waals surface area contributed by atoms with Gasteiger partial charge in [0, 0.05) is 38.6 Å². The van der Waals surface area contributed by atoms with E-state index in [2.05, 4.69) is 5.32 Å². The van der Waals surface area contributed by atoms with E-state index in [1.54, 1.807) is 31.2 Å². The lowest BCUT2D eigenvalue weighted by Gasteiger charge is -2.35. The van der Waals surface area contributed by atoms with Gasteiger partial charge in [-0.2, -0.15) is 12.7 Å². The molecule has 0 aliphatic carbocycles. The molecule has 0 bridgehead atoms. The van der Waals surface area contributed by atoms with Crippen LogP contribution in [0.15, 0.2) is 72.8 Å². The molecule has 0 aliphatic heterocycles. The van der Waals surface area contributed by atoms with Crippen molar-refractivity contribution in [3.05, 3.63) is 100 Å². The lowest BCUT2D eigenvalue weighted by molar-refractivity contribution is -0.140. The second-order valence-electron chi connectivity index (χ2n) is 11.0. The summed E-state index contributed by atoms with van der Waals surface area (Å²) < 4.78 is 29.4. The third kappa shape index (κ3) is 8.56. The lowest BCUT2D eigenvalue weighted by atomic mass is 10.0. The molecular weight excluding hydrogens is 572 g/mol. The Labute approximate surface area is 255 Å². The number of hydrogen-bond acceptors (Lipinski definition) is 4. The first-order chi connectivity index (χ1) is 19.8. The predicted octanol–water partition coefficient (Wildman–Crippen LogP) is 4.98. The molecule has 0 aromatic heterocycles. The summed E-state index contributed by atoms with van der Waals surface area (Å²) in [6, 6.07) is 21.1. The van der Waals surface area contributed by atoms with Gasteiger partial charge in [-0.15, -0.1) is 0 Å². The number of aryl methyl sites for hydroxylation is 2. The zero-order chi connectivity index (χ0) is 31.0. The van der Waals surface area contributed by atoms with E-state index in [0.717, 1.165) is 19.7 Å². The van der Waals surface area contributed by atoms with Gasteiger partial charge in [-0.1, -0.05) is 86.1 Å². The largest absolute Gasteiger partial charge is 0.354 e.